The van der Waals surface area contributed by atoms with Crippen LogP contribution in [0, 0.1) is 11.8 Å². The molecule has 0 aliphatic heterocycles. The van der Waals surface area contributed by atoms with Gasteiger partial charge in [-0.25, -0.2) is 0 Å². The third-order valence-corrected chi connectivity index (χ3v) is 4.32. The standard InChI is InChI=1S/C14H14Cl3NO4/c15-7-5-10(16)12(11(17)6-7)22-4-3-18-13(19)8-1-2-9(8)14(20)21/h5-6,8-9H,1-4H2,(H,18,19)(H,20,21). The molecular weight excluding hydrogens is 353 g/mol. The van der Waals surface area contributed by atoms with Gasteiger partial charge in [-0.2, -0.15) is 0 Å². The van der Waals surface area contributed by atoms with Crippen molar-refractivity contribution in [3.63, 3.8) is 0 Å². The third kappa shape index (κ3) is 3.97. The van der Waals surface area contributed by atoms with Gasteiger partial charge in [0.2, 0.25) is 5.91 Å². The van der Waals surface area contributed by atoms with Crippen LogP contribution >= 0.6 is 34.8 Å². The first-order chi connectivity index (χ1) is 10.4. The van der Waals surface area contributed by atoms with E-state index in [1.165, 1.54) is 12.1 Å². The van der Waals surface area contributed by atoms with E-state index in [4.69, 9.17) is 44.6 Å². The second-order valence-electron chi connectivity index (χ2n) is 4.97. The Morgan fingerprint density at radius 1 is 1.18 bits per heavy atom. The van der Waals surface area contributed by atoms with E-state index in [0.717, 1.165) is 0 Å². The molecule has 1 aliphatic rings. The molecule has 0 heterocycles. The first-order valence-corrected chi connectivity index (χ1v) is 7.81. The van der Waals surface area contributed by atoms with Crippen LogP contribution in [0.4, 0.5) is 0 Å². The molecule has 0 spiro atoms. The quantitative estimate of drug-likeness (QED) is 0.758. The molecule has 5 nitrogen and oxygen atoms in total. The van der Waals surface area contributed by atoms with E-state index in [0.29, 0.717) is 23.6 Å². The molecule has 0 bridgehead atoms. The predicted octanol–water partition coefficient (Wildman–Crippen LogP) is 3.25. The third-order valence-electron chi connectivity index (χ3n) is 3.54. The van der Waals surface area contributed by atoms with Crippen LogP contribution in [0.5, 0.6) is 5.75 Å². The minimum atomic E-state index is -0.928. The lowest BCUT2D eigenvalue weighted by molar-refractivity contribution is -0.152. The maximum atomic E-state index is 11.8. The fourth-order valence-electron chi connectivity index (χ4n) is 2.23. The number of aliphatic carboxylic acids is 1. The number of carboxylic acid groups (broad SMARTS) is 1. The highest BCUT2D eigenvalue weighted by Gasteiger charge is 2.41. The number of carbonyl (C=O) groups is 2. The zero-order valence-electron chi connectivity index (χ0n) is 11.4. The molecule has 120 valence electrons. The predicted molar refractivity (Wildman–Crippen MR) is 83.8 cm³/mol. The van der Waals surface area contributed by atoms with Gasteiger partial charge in [-0.3, -0.25) is 9.59 Å². The lowest BCUT2D eigenvalue weighted by Gasteiger charge is -2.31. The van der Waals surface area contributed by atoms with Crippen molar-refractivity contribution in [3.05, 3.63) is 27.2 Å². The van der Waals surface area contributed by atoms with Crippen molar-refractivity contribution >= 4 is 46.7 Å². The highest BCUT2D eigenvalue weighted by atomic mass is 35.5. The molecule has 22 heavy (non-hydrogen) atoms. The van der Waals surface area contributed by atoms with Crippen molar-refractivity contribution in [1.82, 2.24) is 5.32 Å². The molecule has 0 saturated heterocycles. The van der Waals surface area contributed by atoms with Gasteiger partial charge in [-0.05, 0) is 25.0 Å². The van der Waals surface area contributed by atoms with Crippen LogP contribution < -0.4 is 10.1 Å². The molecule has 1 fully saturated rings. The number of nitrogens with one attached hydrogen (secondary N) is 1. The van der Waals surface area contributed by atoms with E-state index in [9.17, 15) is 9.59 Å². The topological polar surface area (TPSA) is 75.6 Å². The maximum Gasteiger partial charge on any atom is 0.307 e. The number of carboxylic acids is 1. The summed E-state index contributed by atoms with van der Waals surface area (Å²) in [7, 11) is 0. The van der Waals surface area contributed by atoms with Crippen molar-refractivity contribution in [3.8, 4) is 5.75 Å². The van der Waals surface area contributed by atoms with Crippen LogP contribution in [0.2, 0.25) is 15.1 Å². The van der Waals surface area contributed by atoms with E-state index < -0.39 is 17.8 Å². The molecule has 8 heteroatoms. The first-order valence-electron chi connectivity index (χ1n) is 6.68. The normalized spacial score (nSPS) is 20.1. The first kappa shape index (κ1) is 17.2. The largest absolute Gasteiger partial charge is 0.489 e. The van der Waals surface area contributed by atoms with E-state index in [1.54, 1.807) is 0 Å². The van der Waals surface area contributed by atoms with Gasteiger partial charge in [-0.15, -0.1) is 0 Å². The van der Waals surface area contributed by atoms with Gasteiger partial charge in [0.1, 0.15) is 6.61 Å². The molecule has 1 saturated carbocycles. The van der Waals surface area contributed by atoms with Crippen LogP contribution in [-0.4, -0.2) is 30.1 Å². The molecule has 2 unspecified atom stereocenters. The van der Waals surface area contributed by atoms with E-state index in [1.807, 2.05) is 0 Å². The molecule has 1 aliphatic carbocycles. The van der Waals surface area contributed by atoms with E-state index in [2.05, 4.69) is 5.32 Å². The van der Waals surface area contributed by atoms with Crippen molar-refractivity contribution in [1.29, 1.82) is 0 Å². The minimum Gasteiger partial charge on any atom is -0.489 e. The zero-order chi connectivity index (χ0) is 16.3. The van der Waals surface area contributed by atoms with Crippen molar-refractivity contribution < 1.29 is 19.4 Å². The summed E-state index contributed by atoms with van der Waals surface area (Å²) >= 11 is 17.7. The summed E-state index contributed by atoms with van der Waals surface area (Å²) in [5.41, 5.74) is 0. The summed E-state index contributed by atoms with van der Waals surface area (Å²) in [4.78, 5) is 22.7. The summed E-state index contributed by atoms with van der Waals surface area (Å²) in [6, 6.07) is 3.02. The zero-order valence-corrected chi connectivity index (χ0v) is 13.7. The van der Waals surface area contributed by atoms with Crippen LogP contribution in [0.15, 0.2) is 12.1 Å². The average molecular weight is 367 g/mol. The summed E-state index contributed by atoms with van der Waals surface area (Å²) in [5.74, 6) is -1.94. The van der Waals surface area contributed by atoms with Gasteiger partial charge in [0, 0.05) is 5.02 Å². The number of amides is 1. The van der Waals surface area contributed by atoms with Crippen molar-refractivity contribution in [2.45, 2.75) is 12.8 Å². The number of ether oxygens (including phenoxy) is 1. The van der Waals surface area contributed by atoms with Gasteiger partial charge in [0.25, 0.3) is 0 Å². The highest BCUT2D eigenvalue weighted by molar-refractivity contribution is 6.40. The Hall–Kier alpha value is -1.17. The Labute approximate surface area is 142 Å². The Kier molecular flexibility index (Phi) is 5.78. The van der Waals surface area contributed by atoms with Crippen LogP contribution in [-0.2, 0) is 9.59 Å². The number of halogens is 3. The fraction of sp³-hybridized carbons (Fsp3) is 0.429. The minimum absolute atomic E-state index is 0.164. The highest BCUT2D eigenvalue weighted by Crippen LogP contribution is 2.36. The second-order valence-corrected chi connectivity index (χ2v) is 6.22. The van der Waals surface area contributed by atoms with Crippen LogP contribution in [0.1, 0.15) is 12.8 Å². The summed E-state index contributed by atoms with van der Waals surface area (Å²) in [6.07, 6.45) is 1.14. The molecule has 0 aromatic heterocycles. The van der Waals surface area contributed by atoms with Gasteiger partial charge in [0.15, 0.2) is 5.75 Å². The van der Waals surface area contributed by atoms with E-state index in [-0.39, 0.29) is 29.1 Å². The molecule has 2 rings (SSSR count). The van der Waals surface area contributed by atoms with Crippen molar-refractivity contribution in [2.24, 2.45) is 11.8 Å². The molecule has 1 aromatic carbocycles. The summed E-state index contributed by atoms with van der Waals surface area (Å²) in [6.45, 7) is 0.397. The van der Waals surface area contributed by atoms with Crippen LogP contribution in [0.3, 0.4) is 0 Å². The Balaban J connectivity index is 1.78. The monoisotopic (exact) mass is 365 g/mol. The molecular formula is C14H14Cl3NO4. The number of hydrogen-bond donors (Lipinski definition) is 2. The smallest absolute Gasteiger partial charge is 0.307 e. The van der Waals surface area contributed by atoms with E-state index >= 15 is 0 Å². The molecule has 1 amide bonds. The van der Waals surface area contributed by atoms with Gasteiger partial charge >= 0.3 is 5.97 Å². The van der Waals surface area contributed by atoms with Crippen molar-refractivity contribution in [2.75, 3.05) is 13.2 Å². The lowest BCUT2D eigenvalue weighted by atomic mass is 9.73. The molecule has 1 aromatic rings. The number of carbonyl (C=O) groups excluding carboxylic acids is 1. The maximum absolute atomic E-state index is 11.8. The second kappa shape index (κ2) is 7.40. The van der Waals surface area contributed by atoms with Gasteiger partial charge < -0.3 is 15.2 Å². The van der Waals surface area contributed by atoms with Gasteiger partial charge in [-0.1, -0.05) is 34.8 Å². The Bertz CT molecular complexity index is 570. The fourth-order valence-corrected chi connectivity index (χ4v) is 3.16. The number of hydrogen-bond acceptors (Lipinski definition) is 3. The Morgan fingerprint density at radius 2 is 1.77 bits per heavy atom. The SMILES string of the molecule is O=C(O)C1CCC1C(=O)NCCOc1c(Cl)cc(Cl)cc1Cl. The number of benzene rings is 1. The average Bonchev–Trinajstić information content (AvgIpc) is 2.34. The lowest BCUT2D eigenvalue weighted by Crippen LogP contribution is -2.44. The summed E-state index contributed by atoms with van der Waals surface area (Å²) < 4.78 is 5.43. The molecule has 2 N–H and O–H groups in total. The van der Waals surface area contributed by atoms with Crippen LogP contribution in [0.25, 0.3) is 0 Å². The Morgan fingerprint density at radius 3 is 2.27 bits per heavy atom. The molecule has 0 radical (unpaired) electrons. The summed E-state index contributed by atoms with van der Waals surface area (Å²) in [5, 5.41) is 12.5. The molecule has 2 atom stereocenters. The van der Waals surface area contributed by atoms with Gasteiger partial charge in [0.05, 0.1) is 28.4 Å². The number of rotatable bonds is 6.